The van der Waals surface area contributed by atoms with Crippen molar-refractivity contribution in [3.8, 4) is 0 Å². The van der Waals surface area contributed by atoms with Gasteiger partial charge in [0.1, 0.15) is 5.82 Å². The maximum absolute atomic E-state index is 13.1. The van der Waals surface area contributed by atoms with Crippen molar-refractivity contribution in [1.82, 2.24) is 4.98 Å². The van der Waals surface area contributed by atoms with E-state index < -0.39 is 17.7 Å². The minimum absolute atomic E-state index is 0.203. The molecule has 0 saturated carbocycles. The minimum atomic E-state index is -0.992. The Labute approximate surface area is 118 Å². The number of aromatic nitrogens is 1. The fourth-order valence-electron chi connectivity index (χ4n) is 1.60. The molecule has 0 unspecified atom stereocenters. The third kappa shape index (κ3) is 3.39. The zero-order valence-electron chi connectivity index (χ0n) is 10.5. The molecular weight excluding hydrogens is 283 g/mol. The number of rotatable bonds is 4. The second-order valence-electron chi connectivity index (χ2n) is 4.13. The number of carboxylic acids is 1. The van der Waals surface area contributed by atoms with Crippen LogP contribution in [-0.4, -0.2) is 22.0 Å². The van der Waals surface area contributed by atoms with Gasteiger partial charge in [0.25, 0.3) is 5.91 Å². The molecule has 1 heterocycles. The van der Waals surface area contributed by atoms with Gasteiger partial charge in [-0.05, 0) is 24.6 Å². The van der Waals surface area contributed by atoms with Crippen LogP contribution in [0.25, 0.3) is 0 Å². The molecule has 1 aromatic heterocycles. The Kier molecular flexibility index (Phi) is 4.09. The molecule has 2 N–H and O–H groups in total. The molecule has 0 saturated heterocycles. The maximum atomic E-state index is 13.1. The van der Waals surface area contributed by atoms with Crippen molar-refractivity contribution in [1.29, 1.82) is 0 Å². The molecule has 0 bridgehead atoms. The number of benzene rings is 1. The monoisotopic (exact) mass is 294 g/mol. The van der Waals surface area contributed by atoms with Gasteiger partial charge >= 0.3 is 5.97 Å². The average Bonchev–Trinajstić information content (AvgIpc) is 2.78. The van der Waals surface area contributed by atoms with Gasteiger partial charge in [-0.1, -0.05) is 6.07 Å². The van der Waals surface area contributed by atoms with Crippen LogP contribution >= 0.6 is 11.3 Å². The van der Waals surface area contributed by atoms with E-state index >= 15 is 0 Å². The predicted molar refractivity (Wildman–Crippen MR) is 72.5 cm³/mol. The van der Waals surface area contributed by atoms with Gasteiger partial charge in [-0.2, -0.15) is 0 Å². The number of hydrogen-bond acceptors (Lipinski definition) is 4. The van der Waals surface area contributed by atoms with E-state index in [1.807, 2.05) is 0 Å². The van der Waals surface area contributed by atoms with Crippen molar-refractivity contribution in [2.24, 2.45) is 0 Å². The summed E-state index contributed by atoms with van der Waals surface area (Å²) in [6.07, 6.45) is -0.203. The zero-order valence-corrected chi connectivity index (χ0v) is 11.3. The number of carboxylic acid groups (broad SMARTS) is 1. The first-order valence-electron chi connectivity index (χ1n) is 5.69. The lowest BCUT2D eigenvalue weighted by Gasteiger charge is -2.05. The zero-order chi connectivity index (χ0) is 14.7. The lowest BCUT2D eigenvalue weighted by atomic mass is 10.1. The first-order chi connectivity index (χ1) is 9.45. The molecule has 104 valence electrons. The van der Waals surface area contributed by atoms with Gasteiger partial charge in [0.05, 0.1) is 12.1 Å². The van der Waals surface area contributed by atoms with Crippen LogP contribution in [0.2, 0.25) is 0 Å². The molecule has 0 fully saturated rings. The fourth-order valence-corrected chi connectivity index (χ4v) is 2.31. The highest BCUT2D eigenvalue weighted by molar-refractivity contribution is 7.14. The molecule has 0 aliphatic heterocycles. The molecule has 2 aromatic rings. The number of nitrogens with one attached hydrogen (secondary N) is 1. The van der Waals surface area contributed by atoms with Gasteiger partial charge in [-0.3, -0.25) is 14.9 Å². The number of halogens is 1. The second kappa shape index (κ2) is 5.79. The number of thiazole rings is 1. The van der Waals surface area contributed by atoms with Crippen molar-refractivity contribution in [3.05, 3.63) is 46.2 Å². The molecule has 20 heavy (non-hydrogen) atoms. The summed E-state index contributed by atoms with van der Waals surface area (Å²) >= 11 is 1.12. The van der Waals surface area contributed by atoms with Crippen molar-refractivity contribution in [2.45, 2.75) is 13.3 Å². The summed E-state index contributed by atoms with van der Waals surface area (Å²) in [6, 6.07) is 3.94. The van der Waals surface area contributed by atoms with Gasteiger partial charge in [0.15, 0.2) is 5.13 Å². The first kappa shape index (κ1) is 14.1. The number of amides is 1. The fraction of sp³-hybridized carbons (Fsp3) is 0.154. The molecule has 0 aliphatic rings. The average molecular weight is 294 g/mol. The van der Waals surface area contributed by atoms with E-state index in [4.69, 9.17) is 5.11 Å². The predicted octanol–water partition coefficient (Wildman–Crippen LogP) is 2.47. The van der Waals surface area contributed by atoms with Gasteiger partial charge in [0.2, 0.25) is 0 Å². The Morgan fingerprint density at radius 3 is 2.90 bits per heavy atom. The Bertz CT molecular complexity index is 669. The molecule has 1 aromatic carbocycles. The molecule has 0 aliphatic carbocycles. The maximum Gasteiger partial charge on any atom is 0.309 e. The van der Waals surface area contributed by atoms with E-state index in [2.05, 4.69) is 10.3 Å². The quantitative estimate of drug-likeness (QED) is 0.908. The molecule has 0 atom stereocenters. The largest absolute Gasteiger partial charge is 0.481 e. The Balaban J connectivity index is 2.13. The normalized spacial score (nSPS) is 10.3. The van der Waals surface area contributed by atoms with Crippen LogP contribution in [0.1, 0.15) is 21.6 Å². The summed E-state index contributed by atoms with van der Waals surface area (Å²) in [4.78, 5) is 26.5. The standard InChI is InChI=1S/C13H11FN2O3S/c1-7-2-3-8(14)4-10(7)12(19)16-13-15-9(6-20-13)5-11(17)18/h2-4,6H,5H2,1H3,(H,17,18)(H,15,16,19). The number of nitrogens with zero attached hydrogens (tertiary/aromatic N) is 1. The second-order valence-corrected chi connectivity index (χ2v) is 4.99. The lowest BCUT2D eigenvalue weighted by molar-refractivity contribution is -0.136. The topological polar surface area (TPSA) is 79.3 Å². The third-order valence-corrected chi connectivity index (χ3v) is 3.36. The number of carbonyl (C=O) groups is 2. The van der Waals surface area contributed by atoms with Crippen molar-refractivity contribution in [3.63, 3.8) is 0 Å². The van der Waals surface area contributed by atoms with Crippen LogP contribution in [0.3, 0.4) is 0 Å². The molecule has 7 heteroatoms. The molecule has 0 radical (unpaired) electrons. The van der Waals surface area contributed by atoms with Crippen LogP contribution in [0.4, 0.5) is 9.52 Å². The van der Waals surface area contributed by atoms with Crippen LogP contribution in [0.15, 0.2) is 23.6 Å². The SMILES string of the molecule is Cc1ccc(F)cc1C(=O)Nc1nc(CC(=O)O)cs1. The first-order valence-corrected chi connectivity index (χ1v) is 6.57. The highest BCUT2D eigenvalue weighted by Crippen LogP contribution is 2.18. The van der Waals surface area contributed by atoms with Crippen molar-refractivity contribution in [2.75, 3.05) is 5.32 Å². The van der Waals surface area contributed by atoms with Gasteiger partial charge < -0.3 is 5.11 Å². The van der Waals surface area contributed by atoms with Gasteiger partial charge in [0, 0.05) is 10.9 Å². The minimum Gasteiger partial charge on any atom is -0.481 e. The van der Waals surface area contributed by atoms with Gasteiger partial charge in [-0.25, -0.2) is 9.37 Å². The smallest absolute Gasteiger partial charge is 0.309 e. The summed E-state index contributed by atoms with van der Waals surface area (Å²) in [7, 11) is 0. The van der Waals surface area contributed by atoms with Crippen LogP contribution < -0.4 is 5.32 Å². The van der Waals surface area contributed by atoms with Crippen molar-refractivity contribution >= 4 is 28.3 Å². The molecule has 0 spiro atoms. The molecule has 2 rings (SSSR count). The number of hydrogen-bond donors (Lipinski definition) is 2. The summed E-state index contributed by atoms with van der Waals surface area (Å²) in [5.74, 6) is -1.96. The van der Waals surface area contributed by atoms with E-state index in [1.165, 1.54) is 12.1 Å². The van der Waals surface area contributed by atoms with Crippen molar-refractivity contribution < 1.29 is 19.1 Å². The number of anilines is 1. The Hall–Kier alpha value is -2.28. The lowest BCUT2D eigenvalue weighted by Crippen LogP contribution is -2.13. The highest BCUT2D eigenvalue weighted by atomic mass is 32.1. The van der Waals surface area contributed by atoms with Crippen LogP contribution in [-0.2, 0) is 11.2 Å². The van der Waals surface area contributed by atoms with Crippen LogP contribution in [0.5, 0.6) is 0 Å². The Morgan fingerprint density at radius 1 is 1.45 bits per heavy atom. The van der Waals surface area contributed by atoms with Gasteiger partial charge in [-0.15, -0.1) is 11.3 Å². The highest BCUT2D eigenvalue weighted by Gasteiger charge is 2.13. The summed E-state index contributed by atoms with van der Waals surface area (Å²) < 4.78 is 13.1. The summed E-state index contributed by atoms with van der Waals surface area (Å²) in [5, 5.41) is 13.0. The van der Waals surface area contributed by atoms with E-state index in [9.17, 15) is 14.0 Å². The van der Waals surface area contributed by atoms with E-state index in [0.29, 0.717) is 11.3 Å². The molecule has 5 nitrogen and oxygen atoms in total. The molecule has 1 amide bonds. The summed E-state index contributed by atoms with van der Waals surface area (Å²) in [6.45, 7) is 1.70. The number of aliphatic carboxylic acids is 1. The van der Waals surface area contributed by atoms with E-state index in [0.717, 1.165) is 17.4 Å². The molecular formula is C13H11FN2O3S. The van der Waals surface area contributed by atoms with E-state index in [1.54, 1.807) is 12.3 Å². The number of aryl methyl sites for hydroxylation is 1. The summed E-state index contributed by atoms with van der Waals surface area (Å²) in [5.41, 5.74) is 1.24. The van der Waals surface area contributed by atoms with Crippen LogP contribution in [0, 0.1) is 12.7 Å². The third-order valence-electron chi connectivity index (χ3n) is 2.55. The Morgan fingerprint density at radius 2 is 2.20 bits per heavy atom. The number of carbonyl (C=O) groups excluding carboxylic acids is 1. The van der Waals surface area contributed by atoms with E-state index in [-0.39, 0.29) is 17.1 Å².